The van der Waals surface area contributed by atoms with Crippen molar-refractivity contribution in [3.05, 3.63) is 23.2 Å². The first kappa shape index (κ1) is 15.7. The summed E-state index contributed by atoms with van der Waals surface area (Å²) in [4.78, 5) is 11.4. The summed E-state index contributed by atoms with van der Waals surface area (Å²) in [6.45, 7) is 1.78. The first-order valence-electron chi connectivity index (χ1n) is 5.46. The molecule has 1 unspecified atom stereocenters. The Morgan fingerprint density at radius 1 is 1.53 bits per heavy atom. The molecule has 1 aromatic carbocycles. The third-order valence-electron chi connectivity index (χ3n) is 2.49. The minimum Gasteiger partial charge on any atom is -0.467 e. The quantitative estimate of drug-likeness (QED) is 0.800. The topological polar surface area (TPSA) is 98.5 Å². The van der Waals surface area contributed by atoms with Crippen LogP contribution in [0.25, 0.3) is 0 Å². The first-order chi connectivity index (χ1) is 8.79. The fraction of sp³-hybridized carbons (Fsp3) is 0.364. The van der Waals surface area contributed by atoms with Crippen LogP contribution in [0.4, 0.5) is 5.69 Å². The maximum absolute atomic E-state index is 11.5. The highest BCUT2D eigenvalue weighted by Crippen LogP contribution is 2.26. The normalized spacial score (nSPS) is 12.8. The minimum absolute atomic E-state index is 0.0841. The van der Waals surface area contributed by atoms with Crippen LogP contribution in [0.2, 0.25) is 5.02 Å². The predicted octanol–water partition coefficient (Wildman–Crippen LogP) is 1.35. The molecule has 1 atom stereocenters. The van der Waals surface area contributed by atoms with E-state index in [-0.39, 0.29) is 9.92 Å². The van der Waals surface area contributed by atoms with Gasteiger partial charge >= 0.3 is 5.97 Å². The Morgan fingerprint density at radius 2 is 2.16 bits per heavy atom. The number of hydrogen-bond acceptors (Lipinski definition) is 5. The molecule has 19 heavy (non-hydrogen) atoms. The number of hydrogen-bond donors (Lipinski definition) is 2. The lowest BCUT2D eigenvalue weighted by Crippen LogP contribution is -2.30. The van der Waals surface area contributed by atoms with Crippen molar-refractivity contribution >= 4 is 33.3 Å². The largest absolute Gasteiger partial charge is 0.467 e. The van der Waals surface area contributed by atoms with Crippen LogP contribution in [0.3, 0.4) is 0 Å². The molecule has 106 valence electrons. The van der Waals surface area contributed by atoms with E-state index < -0.39 is 22.0 Å². The molecule has 0 aliphatic carbocycles. The lowest BCUT2D eigenvalue weighted by Gasteiger charge is -2.17. The summed E-state index contributed by atoms with van der Waals surface area (Å²) in [5.74, 6) is -0.459. The van der Waals surface area contributed by atoms with Crippen LogP contribution in [-0.4, -0.2) is 27.5 Å². The van der Waals surface area contributed by atoms with E-state index >= 15 is 0 Å². The number of nitrogens with two attached hydrogens (primary N) is 1. The van der Waals surface area contributed by atoms with E-state index in [2.05, 4.69) is 10.1 Å². The van der Waals surface area contributed by atoms with Crippen molar-refractivity contribution in [1.29, 1.82) is 0 Å². The van der Waals surface area contributed by atoms with Crippen molar-refractivity contribution in [2.45, 2.75) is 24.3 Å². The van der Waals surface area contributed by atoms with E-state index in [1.165, 1.54) is 25.3 Å². The van der Waals surface area contributed by atoms with Crippen LogP contribution in [0.1, 0.15) is 13.3 Å². The molecule has 1 aromatic rings. The van der Waals surface area contributed by atoms with Gasteiger partial charge in [0.2, 0.25) is 10.0 Å². The van der Waals surface area contributed by atoms with Gasteiger partial charge < -0.3 is 10.1 Å². The molecule has 8 heteroatoms. The summed E-state index contributed by atoms with van der Waals surface area (Å²) in [5.41, 5.74) is 0.311. The molecule has 0 heterocycles. The zero-order chi connectivity index (χ0) is 14.6. The summed E-state index contributed by atoms with van der Waals surface area (Å²) < 4.78 is 27.1. The standard InChI is InChI=1S/C11H15ClN2O4S/c1-3-9(11(15)18-2)14-10-6-7(19(13,16)17)4-5-8(10)12/h4-6,9,14H,3H2,1-2H3,(H2,13,16,17). The number of benzene rings is 1. The van der Waals surface area contributed by atoms with Gasteiger partial charge in [-0.25, -0.2) is 18.4 Å². The lowest BCUT2D eigenvalue weighted by atomic mass is 10.2. The highest BCUT2D eigenvalue weighted by molar-refractivity contribution is 7.89. The summed E-state index contributed by atoms with van der Waals surface area (Å²) in [6.07, 6.45) is 0.461. The summed E-state index contributed by atoms with van der Waals surface area (Å²) >= 11 is 5.94. The Bertz CT molecular complexity index is 574. The third-order valence-corrected chi connectivity index (χ3v) is 3.73. The maximum atomic E-state index is 11.5. The molecule has 0 saturated carbocycles. The van der Waals surface area contributed by atoms with E-state index in [1.807, 2.05) is 0 Å². The van der Waals surface area contributed by atoms with Crippen LogP contribution in [-0.2, 0) is 19.6 Å². The average Bonchev–Trinajstić information content (AvgIpc) is 2.35. The summed E-state index contributed by atoms with van der Waals surface area (Å²) in [6, 6.07) is 3.36. The van der Waals surface area contributed by atoms with Gasteiger partial charge in [-0.15, -0.1) is 0 Å². The van der Waals surface area contributed by atoms with Crippen LogP contribution in [0.5, 0.6) is 0 Å². The van der Waals surface area contributed by atoms with E-state index in [4.69, 9.17) is 16.7 Å². The highest BCUT2D eigenvalue weighted by atomic mass is 35.5. The summed E-state index contributed by atoms with van der Waals surface area (Å²) in [5, 5.41) is 8.16. The number of esters is 1. The molecule has 0 aliphatic heterocycles. The molecular formula is C11H15ClN2O4S. The van der Waals surface area contributed by atoms with Gasteiger partial charge in [0, 0.05) is 0 Å². The number of ether oxygens (including phenoxy) is 1. The zero-order valence-electron chi connectivity index (χ0n) is 10.5. The Kier molecular flexibility index (Phi) is 5.16. The van der Waals surface area contributed by atoms with Gasteiger partial charge in [-0.3, -0.25) is 0 Å². The summed E-state index contributed by atoms with van der Waals surface area (Å²) in [7, 11) is -2.55. The van der Waals surface area contributed by atoms with E-state index in [1.54, 1.807) is 6.92 Å². The van der Waals surface area contributed by atoms with Crippen LogP contribution >= 0.6 is 11.6 Å². The second kappa shape index (κ2) is 6.23. The van der Waals surface area contributed by atoms with Crippen molar-refractivity contribution in [3.8, 4) is 0 Å². The number of carbonyl (C=O) groups excluding carboxylic acids is 1. The van der Waals surface area contributed by atoms with Crippen molar-refractivity contribution in [1.82, 2.24) is 0 Å². The van der Waals surface area contributed by atoms with Gasteiger partial charge in [0.25, 0.3) is 0 Å². The highest BCUT2D eigenvalue weighted by Gasteiger charge is 2.19. The number of nitrogens with one attached hydrogen (secondary N) is 1. The second-order valence-electron chi connectivity index (χ2n) is 3.81. The van der Waals surface area contributed by atoms with Crippen LogP contribution < -0.4 is 10.5 Å². The molecule has 6 nitrogen and oxygen atoms in total. The predicted molar refractivity (Wildman–Crippen MR) is 72.5 cm³/mol. The Labute approximate surface area is 116 Å². The number of primary sulfonamides is 1. The monoisotopic (exact) mass is 306 g/mol. The van der Waals surface area contributed by atoms with Gasteiger partial charge in [-0.2, -0.15) is 0 Å². The maximum Gasteiger partial charge on any atom is 0.328 e. The number of rotatable bonds is 5. The fourth-order valence-electron chi connectivity index (χ4n) is 1.45. The lowest BCUT2D eigenvalue weighted by molar-refractivity contribution is -0.141. The van der Waals surface area contributed by atoms with Gasteiger partial charge in [0.15, 0.2) is 0 Å². The molecule has 1 rings (SSSR count). The molecule has 0 fully saturated rings. The van der Waals surface area contributed by atoms with Gasteiger partial charge in [0.05, 0.1) is 22.7 Å². The van der Waals surface area contributed by atoms with E-state index in [0.717, 1.165) is 0 Å². The van der Waals surface area contributed by atoms with Gasteiger partial charge in [-0.05, 0) is 24.6 Å². The fourth-order valence-corrected chi connectivity index (χ4v) is 2.16. The number of methoxy groups -OCH3 is 1. The number of carbonyl (C=O) groups is 1. The van der Waals surface area contributed by atoms with Crippen molar-refractivity contribution in [3.63, 3.8) is 0 Å². The zero-order valence-corrected chi connectivity index (χ0v) is 12.1. The van der Waals surface area contributed by atoms with E-state index in [9.17, 15) is 13.2 Å². The van der Waals surface area contributed by atoms with Crippen molar-refractivity contribution < 1.29 is 17.9 Å². The average molecular weight is 307 g/mol. The number of halogens is 1. The number of anilines is 1. The van der Waals surface area contributed by atoms with E-state index in [0.29, 0.717) is 12.1 Å². The number of sulfonamides is 1. The molecule has 0 aliphatic rings. The van der Waals surface area contributed by atoms with Crippen molar-refractivity contribution in [2.75, 3.05) is 12.4 Å². The molecule has 0 aromatic heterocycles. The van der Waals surface area contributed by atoms with Crippen molar-refractivity contribution in [2.24, 2.45) is 5.14 Å². The smallest absolute Gasteiger partial charge is 0.328 e. The Balaban J connectivity index is 3.10. The van der Waals surface area contributed by atoms with Gasteiger partial charge in [-0.1, -0.05) is 18.5 Å². The van der Waals surface area contributed by atoms with Crippen LogP contribution in [0.15, 0.2) is 23.1 Å². The molecule has 0 spiro atoms. The second-order valence-corrected chi connectivity index (χ2v) is 5.78. The Hall–Kier alpha value is -1.31. The molecule has 0 amide bonds. The first-order valence-corrected chi connectivity index (χ1v) is 7.38. The molecule has 0 bridgehead atoms. The third kappa shape index (κ3) is 4.09. The molecular weight excluding hydrogens is 292 g/mol. The SMILES string of the molecule is CCC(Nc1cc(S(N)(=O)=O)ccc1Cl)C(=O)OC. The molecule has 0 saturated heterocycles. The molecule has 3 N–H and O–H groups in total. The van der Waals surface area contributed by atoms with Gasteiger partial charge in [0.1, 0.15) is 6.04 Å². The van der Waals surface area contributed by atoms with Crippen LogP contribution in [0, 0.1) is 0 Å². The Morgan fingerprint density at radius 3 is 2.63 bits per heavy atom. The molecule has 0 radical (unpaired) electrons. The minimum atomic E-state index is -3.83.